The van der Waals surface area contributed by atoms with Crippen molar-refractivity contribution in [1.29, 1.82) is 0 Å². The molecule has 345 valence electrons. The van der Waals surface area contributed by atoms with E-state index in [-0.39, 0.29) is 66.0 Å². The smallest absolute Gasteiger partial charge is 0.455 e. The molecule has 0 fully saturated rings. The molecule has 0 aliphatic carbocycles. The van der Waals surface area contributed by atoms with E-state index >= 15 is 0 Å². The number of nitrogens with zero attached hydrogens (tertiary/aromatic N) is 1. The normalized spacial score (nSPS) is 11.4. The van der Waals surface area contributed by atoms with Crippen LogP contribution in [-0.2, 0) is 9.13 Å². The molecule has 2 heterocycles. The van der Waals surface area contributed by atoms with Gasteiger partial charge in [0.15, 0.2) is 14.3 Å². The minimum absolute atomic E-state index is 0. The number of Topliss-reactive ketones (excluding diaryl/α,β-unsaturated/α-hetero) is 1. The van der Waals surface area contributed by atoms with Gasteiger partial charge in [0.05, 0.1) is 5.52 Å². The van der Waals surface area contributed by atoms with Gasteiger partial charge in [-0.3, -0.25) is 14.2 Å². The van der Waals surface area contributed by atoms with Gasteiger partial charge < -0.3 is 14.2 Å². The van der Waals surface area contributed by atoms with Crippen molar-refractivity contribution in [3.63, 3.8) is 0 Å². The molecule has 0 spiro atoms. The van der Waals surface area contributed by atoms with Gasteiger partial charge in [0.2, 0.25) is 0 Å². The summed E-state index contributed by atoms with van der Waals surface area (Å²) in [7, 11) is -5.47. The first-order valence-corrected chi connectivity index (χ1v) is 25.5. The van der Waals surface area contributed by atoms with Gasteiger partial charge in [-0.05, 0) is 42.6 Å². The molecule has 6 nitrogen and oxygen atoms in total. The summed E-state index contributed by atoms with van der Waals surface area (Å²) >= 11 is 1.46. The summed E-state index contributed by atoms with van der Waals surface area (Å²) in [5, 5.41) is 17.1. The molecule has 0 saturated heterocycles. The quantitative estimate of drug-likeness (QED) is 0.121. The average Bonchev–Trinajstić information content (AvgIpc) is 3.77. The largest absolute Gasteiger partial charge is 0.506 e. The van der Waals surface area contributed by atoms with Crippen molar-refractivity contribution >= 4 is 89.0 Å². The molecule has 0 aliphatic rings. The number of aromatic hydroxyl groups is 1. The Kier molecular flexibility index (Phi) is 16.2. The Bertz CT molecular complexity index is 3430. The predicted octanol–water partition coefficient (Wildman–Crippen LogP) is 12.7. The van der Waals surface area contributed by atoms with Gasteiger partial charge in [-0.25, -0.2) is 0 Å². The summed E-state index contributed by atoms with van der Waals surface area (Å²) in [5.41, 5.74) is -1.97. The summed E-state index contributed by atoms with van der Waals surface area (Å²) in [6.45, 7) is 5.75. The van der Waals surface area contributed by atoms with Crippen LogP contribution in [0.2, 0.25) is 0 Å². The summed E-state index contributed by atoms with van der Waals surface area (Å²) in [6.07, 6.45) is -5.31. The van der Waals surface area contributed by atoms with E-state index in [4.69, 9.17) is 0 Å². The fraction of sp³-hybridized carbons (Fsp3) is 0.0357. The zero-order valence-electron chi connectivity index (χ0n) is 36.8. The van der Waals surface area contributed by atoms with Crippen LogP contribution < -0.4 is 32.1 Å². The van der Waals surface area contributed by atoms with E-state index in [1.165, 1.54) is 17.4 Å². The standard InChI is InChI=1S/C23H12F3NO3S.C18H15OP.C15H15OP.Eu/c24-23(25,26)21(29)18-20(28)14-10-11-16-17(13-8-4-5-9-15(13)31-16)19(14)27(22(18)30)12-6-2-1-3-7-12;19-20(16-10-4-1-5-11-16,17-12-6-2-7-13-17)18-14-8-3-9-15-18;1-13(2)17(16,14-9-5-3-6-10-14)15-11-7-4-8-12-15;/h1-11,28H;1-15H;3-12H,1H2,2H3;. The van der Waals surface area contributed by atoms with Crippen molar-refractivity contribution in [2.24, 2.45) is 0 Å². The van der Waals surface area contributed by atoms with Crippen LogP contribution in [0.4, 0.5) is 13.2 Å². The van der Waals surface area contributed by atoms with Gasteiger partial charge in [0.1, 0.15) is 11.3 Å². The van der Waals surface area contributed by atoms with E-state index in [9.17, 15) is 37.0 Å². The molecular weight excluding hydrogens is 1070 g/mol. The maximum absolute atomic E-state index is 13.8. The van der Waals surface area contributed by atoms with Crippen molar-refractivity contribution in [3.8, 4) is 11.4 Å². The minimum Gasteiger partial charge on any atom is -0.506 e. The third-order valence-corrected chi connectivity index (χ3v) is 18.6. The number of pyridine rings is 1. The molecule has 0 saturated carbocycles. The zero-order valence-corrected chi connectivity index (χ0v) is 41.9. The van der Waals surface area contributed by atoms with E-state index in [1.807, 2.05) is 183 Å². The van der Waals surface area contributed by atoms with Gasteiger partial charge in [-0.2, -0.15) is 13.2 Å². The number of hydrogen-bond donors (Lipinski definition) is 1. The number of ketones is 1. The Hall–Kier alpha value is -5.77. The molecule has 0 atom stereocenters. The maximum Gasteiger partial charge on any atom is 0.455 e. The fourth-order valence-corrected chi connectivity index (χ4v) is 14.2. The molecule has 69 heavy (non-hydrogen) atoms. The van der Waals surface area contributed by atoms with Gasteiger partial charge in [0.25, 0.3) is 11.3 Å². The van der Waals surface area contributed by atoms with Gasteiger partial charge in [-0.1, -0.05) is 195 Å². The second-order valence-corrected chi connectivity index (χ2v) is 22.5. The average molecular weight is 1110 g/mol. The number of allylic oxidation sites excluding steroid dienone is 1. The van der Waals surface area contributed by atoms with Crippen LogP contribution in [0, 0.1) is 49.4 Å². The number of rotatable bonds is 8. The number of carbonyl (C=O) groups excluding carboxylic acids is 1. The van der Waals surface area contributed by atoms with E-state index in [2.05, 4.69) is 6.58 Å². The molecule has 10 rings (SSSR count). The Morgan fingerprint density at radius 1 is 0.551 bits per heavy atom. The van der Waals surface area contributed by atoms with Crippen LogP contribution in [-0.4, -0.2) is 21.6 Å². The number of para-hydroxylation sites is 1. The molecule has 0 unspecified atom stereocenters. The Morgan fingerprint density at radius 3 is 1.36 bits per heavy atom. The molecule has 1 radical (unpaired) electrons. The van der Waals surface area contributed by atoms with Crippen molar-refractivity contribution < 1.29 is 81.6 Å². The van der Waals surface area contributed by atoms with Gasteiger partial charge >= 0.3 is 6.18 Å². The molecule has 10 aromatic rings. The number of fused-ring (bicyclic) bond motifs is 5. The van der Waals surface area contributed by atoms with E-state index < -0.39 is 43.1 Å². The van der Waals surface area contributed by atoms with Gasteiger partial charge in [-0.15, -0.1) is 11.3 Å². The van der Waals surface area contributed by atoms with E-state index in [1.54, 1.807) is 36.4 Å². The predicted molar refractivity (Wildman–Crippen MR) is 275 cm³/mol. The number of thiophene rings is 1. The Labute approximate surface area is 441 Å². The third kappa shape index (κ3) is 10.3. The summed E-state index contributed by atoms with van der Waals surface area (Å²) in [4.78, 5) is 25.3. The summed E-state index contributed by atoms with van der Waals surface area (Å²) in [6, 6.07) is 66.9. The Morgan fingerprint density at radius 2 is 0.942 bits per heavy atom. The molecule has 0 bridgehead atoms. The second kappa shape index (κ2) is 21.9. The number of hydrogen-bond acceptors (Lipinski definition) is 6. The van der Waals surface area contributed by atoms with Crippen LogP contribution >= 0.6 is 25.6 Å². The van der Waals surface area contributed by atoms with E-state index in [0.717, 1.165) is 51.2 Å². The maximum atomic E-state index is 13.8. The van der Waals surface area contributed by atoms with E-state index in [0.29, 0.717) is 5.39 Å². The van der Waals surface area contributed by atoms with Crippen molar-refractivity contribution in [3.05, 3.63) is 246 Å². The number of carbonyl (C=O) groups is 1. The fourth-order valence-electron chi connectivity index (χ4n) is 8.07. The molecule has 0 amide bonds. The van der Waals surface area contributed by atoms with Crippen molar-refractivity contribution in [2.75, 3.05) is 0 Å². The topological polar surface area (TPSA) is 93.4 Å². The summed E-state index contributed by atoms with van der Waals surface area (Å²) in [5.74, 6) is -3.34. The van der Waals surface area contributed by atoms with Crippen molar-refractivity contribution in [1.82, 2.24) is 4.57 Å². The first-order valence-electron chi connectivity index (χ1n) is 21.3. The van der Waals surface area contributed by atoms with Crippen LogP contribution in [0.25, 0.3) is 36.8 Å². The molecule has 13 heteroatoms. The number of alkyl halides is 3. The van der Waals surface area contributed by atoms with Crippen LogP contribution in [0.15, 0.2) is 235 Å². The van der Waals surface area contributed by atoms with Crippen LogP contribution in [0.1, 0.15) is 17.3 Å². The zero-order chi connectivity index (χ0) is 48.1. The molecular formula is C56H42EuF3NO5P2S. The SMILES string of the molecule is C=C(C)P(=O)(c1ccccc1)c1ccccc1.O=C(c1c(O)c2ccc3sc4ccccc4c3c2n(-c2ccccc2)c1=O)C(F)(F)F.O=P(c1ccccc1)(c1ccccc1)c1ccccc1.[Eu]. The van der Waals surface area contributed by atoms with Crippen molar-refractivity contribution in [2.45, 2.75) is 13.1 Å². The first kappa shape index (κ1) is 51.1. The Balaban J connectivity index is 0.000000161. The molecule has 2 aromatic heterocycles. The van der Waals surface area contributed by atoms with Crippen LogP contribution in [0.3, 0.4) is 0 Å². The number of benzene rings is 8. The first-order chi connectivity index (χ1) is 32.8. The number of aromatic nitrogens is 1. The summed E-state index contributed by atoms with van der Waals surface area (Å²) < 4.78 is 69.5. The third-order valence-electron chi connectivity index (χ3n) is 11.3. The molecule has 1 N–H and O–H groups in total. The minimum atomic E-state index is -5.31. The second-order valence-electron chi connectivity index (χ2n) is 15.6. The monoisotopic (exact) mass is 1110 g/mol. The molecule has 0 aliphatic heterocycles. The molecule has 8 aromatic carbocycles. The van der Waals surface area contributed by atoms with Crippen LogP contribution in [0.5, 0.6) is 5.75 Å². The number of halogens is 3. The van der Waals surface area contributed by atoms with Gasteiger partial charge in [0, 0.05) is 107 Å².